The van der Waals surface area contributed by atoms with Crippen molar-refractivity contribution in [3.05, 3.63) is 29.8 Å². The number of amides is 3. The number of anilines is 1. The summed E-state index contributed by atoms with van der Waals surface area (Å²) in [5.74, 6) is -0.253. The second-order valence-electron chi connectivity index (χ2n) is 6.86. The number of nitrogens with zero attached hydrogens (tertiary/aromatic N) is 1. The van der Waals surface area contributed by atoms with Crippen LogP contribution in [0.3, 0.4) is 0 Å². The van der Waals surface area contributed by atoms with Crippen LogP contribution in [0.1, 0.15) is 33.3 Å². The van der Waals surface area contributed by atoms with Crippen LogP contribution in [-0.4, -0.2) is 33.0 Å². The first-order valence-electron chi connectivity index (χ1n) is 7.76. The van der Waals surface area contributed by atoms with Gasteiger partial charge < -0.3 is 11.1 Å². The number of urea groups is 1. The van der Waals surface area contributed by atoms with Gasteiger partial charge in [0.25, 0.3) is 0 Å². The Morgan fingerprint density at radius 1 is 1.26 bits per heavy atom. The topological polar surface area (TPSA) is 75.4 Å². The van der Waals surface area contributed by atoms with Crippen molar-refractivity contribution in [2.24, 2.45) is 11.7 Å². The van der Waals surface area contributed by atoms with Crippen molar-refractivity contribution < 1.29 is 9.59 Å². The van der Waals surface area contributed by atoms with E-state index in [9.17, 15) is 9.59 Å². The molecule has 0 saturated carbocycles. The molecule has 1 aliphatic rings. The van der Waals surface area contributed by atoms with Crippen molar-refractivity contribution in [1.29, 1.82) is 0 Å². The normalized spacial score (nSPS) is 23.1. The molecule has 6 heteroatoms. The minimum absolute atomic E-state index is 0.0899. The lowest BCUT2D eigenvalue weighted by molar-refractivity contribution is -0.122. The summed E-state index contributed by atoms with van der Waals surface area (Å²) < 4.78 is -0.411. The highest BCUT2D eigenvalue weighted by molar-refractivity contribution is 8.01. The van der Waals surface area contributed by atoms with Crippen LogP contribution in [0, 0.1) is 12.8 Å². The fraction of sp³-hybridized carbons (Fsp3) is 0.529. The minimum Gasteiger partial charge on any atom is -0.368 e. The Morgan fingerprint density at radius 3 is 2.30 bits per heavy atom. The van der Waals surface area contributed by atoms with Gasteiger partial charge in [-0.25, -0.2) is 4.79 Å². The van der Waals surface area contributed by atoms with Crippen LogP contribution in [0.4, 0.5) is 10.5 Å². The fourth-order valence-corrected chi connectivity index (χ4v) is 4.49. The molecule has 1 fully saturated rings. The summed E-state index contributed by atoms with van der Waals surface area (Å²) in [6.07, 6.45) is 0. The van der Waals surface area contributed by atoms with Gasteiger partial charge in [-0.15, -0.1) is 11.8 Å². The van der Waals surface area contributed by atoms with Gasteiger partial charge in [0.15, 0.2) is 0 Å². The molecule has 23 heavy (non-hydrogen) atoms. The maximum atomic E-state index is 12.8. The van der Waals surface area contributed by atoms with E-state index in [-0.39, 0.29) is 17.3 Å². The molecule has 1 saturated heterocycles. The third kappa shape index (κ3) is 3.63. The maximum Gasteiger partial charge on any atom is 0.323 e. The van der Waals surface area contributed by atoms with Crippen LogP contribution in [0.15, 0.2) is 24.3 Å². The molecule has 126 valence electrons. The molecule has 2 unspecified atom stereocenters. The highest BCUT2D eigenvalue weighted by Gasteiger charge is 2.53. The molecule has 0 aliphatic carbocycles. The molecule has 1 heterocycles. The zero-order valence-electron chi connectivity index (χ0n) is 14.3. The van der Waals surface area contributed by atoms with Gasteiger partial charge in [-0.3, -0.25) is 9.69 Å². The standard InChI is InChI=1S/C17H25N3O2S/c1-10(2)15-20(13(14(18)21)17(4,5)23-15)16(22)19-12-8-6-11(3)7-9-12/h6-10,13,15H,1-5H3,(H2,18,21)(H,19,22). The molecule has 0 aromatic heterocycles. The molecule has 2 atom stereocenters. The first-order valence-corrected chi connectivity index (χ1v) is 8.64. The predicted molar refractivity (Wildman–Crippen MR) is 95.3 cm³/mol. The van der Waals surface area contributed by atoms with Crippen LogP contribution in [-0.2, 0) is 4.79 Å². The lowest BCUT2D eigenvalue weighted by Gasteiger charge is -2.31. The van der Waals surface area contributed by atoms with Crippen LogP contribution < -0.4 is 11.1 Å². The number of primary amides is 1. The number of nitrogens with two attached hydrogens (primary N) is 1. The Morgan fingerprint density at radius 2 is 1.83 bits per heavy atom. The highest BCUT2D eigenvalue weighted by atomic mass is 32.2. The van der Waals surface area contributed by atoms with Gasteiger partial charge in [0, 0.05) is 10.4 Å². The smallest absolute Gasteiger partial charge is 0.323 e. The number of carbonyl (C=O) groups excluding carboxylic acids is 2. The van der Waals surface area contributed by atoms with Gasteiger partial charge in [0.1, 0.15) is 6.04 Å². The third-order valence-corrected chi connectivity index (χ3v) is 5.86. The summed E-state index contributed by atoms with van der Waals surface area (Å²) in [5.41, 5.74) is 7.43. The van der Waals surface area contributed by atoms with E-state index in [0.29, 0.717) is 5.69 Å². The molecule has 3 amide bonds. The summed E-state index contributed by atoms with van der Waals surface area (Å²) in [6, 6.07) is 6.66. The van der Waals surface area contributed by atoms with Gasteiger partial charge in [-0.1, -0.05) is 31.5 Å². The van der Waals surface area contributed by atoms with Gasteiger partial charge >= 0.3 is 6.03 Å². The molecule has 2 rings (SSSR count). The van der Waals surface area contributed by atoms with Gasteiger partial charge in [0.2, 0.25) is 5.91 Å². The largest absolute Gasteiger partial charge is 0.368 e. The Kier molecular flexibility index (Phi) is 4.94. The molecular formula is C17H25N3O2S. The quantitative estimate of drug-likeness (QED) is 0.891. The monoisotopic (exact) mass is 335 g/mol. The zero-order valence-corrected chi connectivity index (χ0v) is 15.1. The van der Waals surface area contributed by atoms with Crippen molar-refractivity contribution in [3.63, 3.8) is 0 Å². The van der Waals surface area contributed by atoms with Crippen LogP contribution in [0.5, 0.6) is 0 Å². The number of benzene rings is 1. The number of hydrogen-bond donors (Lipinski definition) is 2. The molecule has 1 aliphatic heterocycles. The number of thioether (sulfide) groups is 1. The van der Waals surface area contributed by atoms with E-state index in [0.717, 1.165) is 5.56 Å². The van der Waals surface area contributed by atoms with E-state index < -0.39 is 16.7 Å². The Bertz CT molecular complexity index is 598. The summed E-state index contributed by atoms with van der Waals surface area (Å²) in [4.78, 5) is 26.4. The lowest BCUT2D eigenvalue weighted by atomic mass is 10.0. The molecule has 3 N–H and O–H groups in total. The second kappa shape index (κ2) is 6.43. The molecule has 0 radical (unpaired) electrons. The van der Waals surface area contributed by atoms with Crippen molar-refractivity contribution in [2.45, 2.75) is 50.8 Å². The molecule has 0 spiro atoms. The third-order valence-electron chi connectivity index (χ3n) is 4.01. The Hall–Kier alpha value is -1.69. The van der Waals surface area contributed by atoms with E-state index in [1.54, 1.807) is 16.7 Å². The average molecular weight is 335 g/mol. The molecule has 5 nitrogen and oxygen atoms in total. The van der Waals surface area contributed by atoms with Crippen molar-refractivity contribution in [1.82, 2.24) is 4.90 Å². The predicted octanol–water partition coefficient (Wildman–Crippen LogP) is 3.19. The lowest BCUT2D eigenvalue weighted by Crippen LogP contribution is -2.55. The Labute approximate surface area is 142 Å². The minimum atomic E-state index is -0.634. The average Bonchev–Trinajstić information content (AvgIpc) is 2.73. The molecule has 1 aromatic carbocycles. The van der Waals surface area contributed by atoms with E-state index in [1.165, 1.54) is 0 Å². The maximum absolute atomic E-state index is 12.8. The zero-order chi connectivity index (χ0) is 17.4. The number of rotatable bonds is 3. The number of aryl methyl sites for hydroxylation is 1. The van der Waals surface area contributed by atoms with Crippen molar-refractivity contribution in [2.75, 3.05) is 5.32 Å². The molecular weight excluding hydrogens is 310 g/mol. The second-order valence-corrected chi connectivity index (χ2v) is 8.64. The number of nitrogens with one attached hydrogen (secondary N) is 1. The van der Waals surface area contributed by atoms with Crippen LogP contribution >= 0.6 is 11.8 Å². The highest BCUT2D eigenvalue weighted by Crippen LogP contribution is 2.47. The number of hydrogen-bond acceptors (Lipinski definition) is 3. The Balaban J connectivity index is 2.29. The van der Waals surface area contributed by atoms with Gasteiger partial charge in [-0.05, 0) is 38.8 Å². The van der Waals surface area contributed by atoms with E-state index in [4.69, 9.17) is 5.73 Å². The van der Waals surface area contributed by atoms with Gasteiger partial charge in [-0.2, -0.15) is 0 Å². The van der Waals surface area contributed by atoms with E-state index in [2.05, 4.69) is 5.32 Å². The molecule has 0 bridgehead atoms. The SMILES string of the molecule is Cc1ccc(NC(=O)N2C(C(C)C)SC(C)(C)C2C(N)=O)cc1. The summed E-state index contributed by atoms with van der Waals surface area (Å²) >= 11 is 1.63. The van der Waals surface area contributed by atoms with Gasteiger partial charge in [0.05, 0.1) is 5.37 Å². The number of carbonyl (C=O) groups is 2. The fourth-order valence-electron chi connectivity index (χ4n) is 2.91. The van der Waals surface area contributed by atoms with Crippen molar-refractivity contribution in [3.8, 4) is 0 Å². The van der Waals surface area contributed by atoms with Crippen molar-refractivity contribution >= 4 is 29.4 Å². The summed E-state index contributed by atoms with van der Waals surface area (Å²) in [6.45, 7) is 10.00. The van der Waals surface area contributed by atoms with E-state index >= 15 is 0 Å². The first-order chi connectivity index (χ1) is 10.6. The van der Waals surface area contributed by atoms with Crippen LogP contribution in [0.25, 0.3) is 0 Å². The first kappa shape index (κ1) is 17.7. The van der Waals surface area contributed by atoms with E-state index in [1.807, 2.05) is 58.9 Å². The summed E-state index contributed by atoms with van der Waals surface area (Å²) in [7, 11) is 0. The molecule has 1 aromatic rings. The van der Waals surface area contributed by atoms with Crippen LogP contribution in [0.2, 0.25) is 0 Å². The summed E-state index contributed by atoms with van der Waals surface area (Å²) in [5, 5.41) is 2.79.